The van der Waals surface area contributed by atoms with Crippen molar-refractivity contribution in [2.45, 2.75) is 33.6 Å². The predicted octanol–water partition coefficient (Wildman–Crippen LogP) is 5.08. The van der Waals surface area contributed by atoms with Gasteiger partial charge in [-0.05, 0) is 44.5 Å². The number of nitrogens with zero attached hydrogens (tertiary/aromatic N) is 2. The molecule has 1 amide bonds. The zero-order valence-electron chi connectivity index (χ0n) is 15.2. The van der Waals surface area contributed by atoms with Crippen LogP contribution in [0.5, 0.6) is 0 Å². The lowest BCUT2D eigenvalue weighted by atomic mass is 10.1. The first-order valence-electron chi connectivity index (χ1n) is 8.12. The second kappa shape index (κ2) is 9.01. The number of hydrogen-bond donors (Lipinski definition) is 1. The number of carbonyl (C=O) groups excluding carboxylic acids is 1. The molecule has 0 spiro atoms. The van der Waals surface area contributed by atoms with Crippen molar-refractivity contribution < 1.29 is 9.63 Å². The standard InChI is InChI=1S/C19H21Cl2N3O2/c1-11-9-12(2)22-13(3)19(11)23-18(25)8-7-17(24-26-4)14-5-6-15(20)16(21)10-14/h5-6,9-10H,7-8H2,1-4H3,(H,23,25)/b24-17-. The van der Waals surface area contributed by atoms with Crippen molar-refractivity contribution in [3.8, 4) is 0 Å². The number of rotatable bonds is 6. The average Bonchev–Trinajstić information content (AvgIpc) is 2.57. The molecule has 26 heavy (non-hydrogen) atoms. The van der Waals surface area contributed by atoms with Gasteiger partial charge in [-0.1, -0.05) is 34.4 Å². The number of carbonyl (C=O) groups is 1. The molecule has 0 fully saturated rings. The highest BCUT2D eigenvalue weighted by molar-refractivity contribution is 6.42. The Morgan fingerprint density at radius 2 is 1.88 bits per heavy atom. The SMILES string of the molecule is CO/N=C(/CCC(=O)Nc1c(C)cc(C)nc1C)c1ccc(Cl)c(Cl)c1. The molecule has 0 unspecified atom stereocenters. The topological polar surface area (TPSA) is 63.6 Å². The van der Waals surface area contributed by atoms with Crippen molar-refractivity contribution >= 4 is 40.5 Å². The van der Waals surface area contributed by atoms with E-state index >= 15 is 0 Å². The van der Waals surface area contributed by atoms with E-state index in [2.05, 4.69) is 15.5 Å². The van der Waals surface area contributed by atoms with Crippen LogP contribution in [-0.2, 0) is 9.63 Å². The van der Waals surface area contributed by atoms with Crippen molar-refractivity contribution in [1.82, 2.24) is 4.98 Å². The van der Waals surface area contributed by atoms with Crippen LogP contribution in [0.2, 0.25) is 10.0 Å². The fraction of sp³-hybridized carbons (Fsp3) is 0.316. The quantitative estimate of drug-likeness (QED) is 0.549. The van der Waals surface area contributed by atoms with Gasteiger partial charge in [-0.15, -0.1) is 0 Å². The Morgan fingerprint density at radius 3 is 2.50 bits per heavy atom. The van der Waals surface area contributed by atoms with Gasteiger partial charge in [0.1, 0.15) is 7.11 Å². The highest BCUT2D eigenvalue weighted by atomic mass is 35.5. The number of aryl methyl sites for hydroxylation is 3. The van der Waals surface area contributed by atoms with Crippen molar-refractivity contribution in [1.29, 1.82) is 0 Å². The summed E-state index contributed by atoms with van der Waals surface area (Å²) in [5.41, 5.74) is 4.84. The molecule has 0 aliphatic rings. The summed E-state index contributed by atoms with van der Waals surface area (Å²) in [4.78, 5) is 21.7. The summed E-state index contributed by atoms with van der Waals surface area (Å²) in [7, 11) is 1.46. The van der Waals surface area contributed by atoms with Gasteiger partial charge in [0.15, 0.2) is 0 Å². The first kappa shape index (κ1) is 20.2. The molecule has 0 saturated heterocycles. The van der Waals surface area contributed by atoms with E-state index in [0.717, 1.165) is 28.2 Å². The molecule has 0 atom stereocenters. The molecule has 1 aromatic carbocycles. The molecule has 2 rings (SSSR count). The lowest BCUT2D eigenvalue weighted by Crippen LogP contribution is -2.16. The average molecular weight is 394 g/mol. The Labute approximate surface area is 163 Å². The number of aromatic nitrogens is 1. The molecule has 0 aliphatic carbocycles. The first-order chi connectivity index (χ1) is 12.3. The number of amides is 1. The summed E-state index contributed by atoms with van der Waals surface area (Å²) in [6.07, 6.45) is 0.643. The van der Waals surface area contributed by atoms with Crippen molar-refractivity contribution in [3.05, 3.63) is 56.8 Å². The molecule has 1 heterocycles. The lowest BCUT2D eigenvalue weighted by Gasteiger charge is -2.12. The maximum absolute atomic E-state index is 12.4. The molecule has 1 N–H and O–H groups in total. The number of nitrogens with one attached hydrogen (secondary N) is 1. The Morgan fingerprint density at radius 1 is 1.15 bits per heavy atom. The van der Waals surface area contributed by atoms with Crippen molar-refractivity contribution in [2.24, 2.45) is 5.16 Å². The van der Waals surface area contributed by atoms with Crippen LogP contribution in [0.3, 0.4) is 0 Å². The third kappa shape index (κ3) is 5.19. The number of pyridine rings is 1. The zero-order chi connectivity index (χ0) is 19.3. The van der Waals surface area contributed by atoms with Crippen LogP contribution < -0.4 is 5.32 Å². The van der Waals surface area contributed by atoms with Crippen LogP contribution in [0.15, 0.2) is 29.4 Å². The summed E-state index contributed by atoms with van der Waals surface area (Å²) in [6.45, 7) is 5.75. The number of benzene rings is 1. The van der Waals surface area contributed by atoms with E-state index in [-0.39, 0.29) is 12.3 Å². The van der Waals surface area contributed by atoms with Crippen molar-refractivity contribution in [2.75, 3.05) is 12.4 Å². The Hall–Kier alpha value is -2.11. The van der Waals surface area contributed by atoms with Crippen LogP contribution in [0.25, 0.3) is 0 Å². The first-order valence-corrected chi connectivity index (χ1v) is 8.87. The van der Waals surface area contributed by atoms with Gasteiger partial charge in [0, 0.05) is 24.1 Å². The minimum absolute atomic E-state index is 0.120. The van der Waals surface area contributed by atoms with E-state index in [0.29, 0.717) is 22.2 Å². The second-order valence-electron chi connectivity index (χ2n) is 5.94. The Bertz CT molecular complexity index is 828. The van der Waals surface area contributed by atoms with E-state index in [1.165, 1.54) is 7.11 Å². The summed E-state index contributed by atoms with van der Waals surface area (Å²) >= 11 is 12.0. The smallest absolute Gasteiger partial charge is 0.224 e. The van der Waals surface area contributed by atoms with Gasteiger partial charge in [-0.3, -0.25) is 9.78 Å². The summed E-state index contributed by atoms with van der Waals surface area (Å²) in [5, 5.41) is 7.83. The van der Waals surface area contributed by atoms with E-state index in [4.69, 9.17) is 28.0 Å². The molecule has 2 aromatic rings. The van der Waals surface area contributed by atoms with Crippen LogP contribution in [0.4, 0.5) is 5.69 Å². The van der Waals surface area contributed by atoms with Gasteiger partial charge >= 0.3 is 0 Å². The van der Waals surface area contributed by atoms with E-state index < -0.39 is 0 Å². The maximum atomic E-state index is 12.4. The van der Waals surface area contributed by atoms with Gasteiger partial charge in [-0.2, -0.15) is 0 Å². The molecule has 0 aliphatic heterocycles. The summed E-state index contributed by atoms with van der Waals surface area (Å²) in [5.74, 6) is -0.120. The van der Waals surface area contributed by atoms with Gasteiger partial charge in [0.2, 0.25) is 5.91 Å². The minimum atomic E-state index is -0.120. The molecule has 0 radical (unpaired) electrons. The highest BCUT2D eigenvalue weighted by Gasteiger charge is 2.13. The molecular formula is C19H21Cl2N3O2. The number of halogens is 2. The number of hydrogen-bond acceptors (Lipinski definition) is 4. The molecule has 1 aromatic heterocycles. The Balaban J connectivity index is 2.08. The molecule has 7 heteroatoms. The van der Waals surface area contributed by atoms with Gasteiger partial charge in [0.25, 0.3) is 0 Å². The number of anilines is 1. The molecule has 5 nitrogen and oxygen atoms in total. The largest absolute Gasteiger partial charge is 0.399 e. The summed E-state index contributed by atoms with van der Waals surface area (Å²) in [6, 6.07) is 7.13. The lowest BCUT2D eigenvalue weighted by molar-refractivity contribution is -0.116. The van der Waals surface area contributed by atoms with Crippen molar-refractivity contribution in [3.63, 3.8) is 0 Å². The maximum Gasteiger partial charge on any atom is 0.224 e. The van der Waals surface area contributed by atoms with Gasteiger partial charge in [-0.25, -0.2) is 0 Å². The van der Waals surface area contributed by atoms with Gasteiger partial charge < -0.3 is 10.2 Å². The fourth-order valence-electron chi connectivity index (χ4n) is 2.67. The third-order valence-corrected chi connectivity index (χ3v) is 4.57. The second-order valence-corrected chi connectivity index (χ2v) is 6.75. The van der Waals surface area contributed by atoms with Crippen LogP contribution >= 0.6 is 23.2 Å². The normalized spacial score (nSPS) is 11.4. The molecule has 138 valence electrons. The van der Waals surface area contributed by atoms with E-state index in [1.54, 1.807) is 18.2 Å². The predicted molar refractivity (Wildman–Crippen MR) is 106 cm³/mol. The molecule has 0 bridgehead atoms. The highest BCUT2D eigenvalue weighted by Crippen LogP contribution is 2.24. The summed E-state index contributed by atoms with van der Waals surface area (Å²) < 4.78 is 0. The minimum Gasteiger partial charge on any atom is -0.399 e. The molecular weight excluding hydrogens is 373 g/mol. The van der Waals surface area contributed by atoms with E-state index in [9.17, 15) is 4.79 Å². The Kier molecular flexibility index (Phi) is 7.00. The van der Waals surface area contributed by atoms with Crippen LogP contribution in [-0.4, -0.2) is 23.7 Å². The van der Waals surface area contributed by atoms with Crippen LogP contribution in [0, 0.1) is 20.8 Å². The molecule has 0 saturated carbocycles. The number of oxime groups is 1. The zero-order valence-corrected chi connectivity index (χ0v) is 16.7. The monoisotopic (exact) mass is 393 g/mol. The van der Waals surface area contributed by atoms with Crippen LogP contribution in [0.1, 0.15) is 35.4 Å². The van der Waals surface area contributed by atoms with E-state index in [1.807, 2.05) is 26.8 Å². The fourth-order valence-corrected chi connectivity index (χ4v) is 2.97. The third-order valence-electron chi connectivity index (χ3n) is 3.83. The van der Waals surface area contributed by atoms with Gasteiger partial charge in [0.05, 0.1) is 27.1 Å².